The van der Waals surface area contributed by atoms with Crippen LogP contribution in [0.1, 0.15) is 49.0 Å². The number of nitriles is 1. The van der Waals surface area contributed by atoms with Crippen LogP contribution < -0.4 is 35.0 Å². The number of pyridine rings is 1. The van der Waals surface area contributed by atoms with Crippen molar-refractivity contribution in [3.8, 4) is 6.07 Å². The molecule has 180 valence electrons. The van der Waals surface area contributed by atoms with E-state index in [2.05, 4.69) is 0 Å². The Morgan fingerprint density at radius 1 is 1.11 bits per heavy atom. The molecule has 1 aliphatic rings. The molecule has 1 fully saturated rings. The van der Waals surface area contributed by atoms with E-state index in [0.717, 1.165) is 31.4 Å². The van der Waals surface area contributed by atoms with Gasteiger partial charge in [-0.15, -0.1) is 11.6 Å². The summed E-state index contributed by atoms with van der Waals surface area (Å²) in [7, 11) is 0. The Labute approximate surface area is 224 Å². The first-order chi connectivity index (χ1) is 16.3. The summed E-state index contributed by atoms with van der Waals surface area (Å²) < 4.78 is 26.1. The van der Waals surface area contributed by atoms with Gasteiger partial charge in [-0.2, -0.15) is 0 Å². The molecule has 3 rings (SSSR count). The number of halogens is 1. The number of carbonyl (C=O) groups excluding carboxylic acids is 3. The predicted octanol–water partition coefficient (Wildman–Crippen LogP) is -0.657. The Hall–Kier alpha value is -2.87. The molecule has 11 heteroatoms. The van der Waals surface area contributed by atoms with Crippen molar-refractivity contribution < 1.29 is 57.8 Å². The molecule has 1 aromatic heterocycles. The Morgan fingerprint density at radius 3 is 2.37 bits per heavy atom. The van der Waals surface area contributed by atoms with Crippen LogP contribution in [0.15, 0.2) is 23.1 Å². The third-order valence-electron chi connectivity index (χ3n) is 5.54. The summed E-state index contributed by atoms with van der Waals surface area (Å²) in [5, 5.41) is 9.26. The van der Waals surface area contributed by atoms with E-state index < -0.39 is 29.1 Å². The van der Waals surface area contributed by atoms with Crippen molar-refractivity contribution in [1.29, 1.82) is 5.26 Å². The number of hydrogen-bond donors (Lipinski definition) is 0. The van der Waals surface area contributed by atoms with E-state index in [1.54, 1.807) is 24.8 Å². The second-order valence-corrected chi connectivity index (χ2v) is 7.72. The molecule has 2 heterocycles. The first kappa shape index (κ1) is 28.4. The van der Waals surface area contributed by atoms with Gasteiger partial charge in [-0.3, -0.25) is 18.8 Å². The monoisotopic (exact) mass is 493 g/mol. The van der Waals surface area contributed by atoms with Gasteiger partial charge in [-0.1, -0.05) is 6.07 Å². The second-order valence-electron chi connectivity index (χ2n) is 7.72. The molecule has 0 unspecified atom stereocenters. The van der Waals surface area contributed by atoms with E-state index in [0.29, 0.717) is 13.1 Å². The number of benzene rings is 1. The standard InChI is InChI=1S/C24H25FN3O6.Na/c1-3-33-23(31)17(12-26)15-11-20-16(10-19(15)25)22(30)18(24(32)34-4-2)13-28(20)14-21(29)27-8-6-5-7-9-27;/h10-11,13H,3-9,14H2,1-2H3;/q-1;+1. The van der Waals surface area contributed by atoms with Crippen molar-refractivity contribution in [2.75, 3.05) is 26.3 Å². The van der Waals surface area contributed by atoms with E-state index in [9.17, 15) is 28.8 Å². The third kappa shape index (κ3) is 6.23. The summed E-state index contributed by atoms with van der Waals surface area (Å²) in [6.07, 6.45) is 3.98. The number of aromatic nitrogens is 1. The first-order valence-corrected chi connectivity index (χ1v) is 11.1. The van der Waals surface area contributed by atoms with Crippen LogP contribution in [-0.2, 0) is 25.6 Å². The maximum absolute atomic E-state index is 15.0. The van der Waals surface area contributed by atoms with Crippen LogP contribution in [0.25, 0.3) is 10.9 Å². The van der Waals surface area contributed by atoms with Crippen LogP contribution in [0.4, 0.5) is 4.39 Å². The summed E-state index contributed by atoms with van der Waals surface area (Å²) in [6.45, 7) is 4.10. The van der Waals surface area contributed by atoms with Gasteiger partial charge in [0.05, 0.1) is 13.2 Å². The molecule has 0 spiro atoms. The summed E-state index contributed by atoms with van der Waals surface area (Å²) in [4.78, 5) is 52.2. The number of ether oxygens (including phenoxy) is 2. The Balaban J connectivity index is 0.00000432. The van der Waals surface area contributed by atoms with Crippen molar-refractivity contribution >= 4 is 28.7 Å². The normalized spacial score (nSPS) is 12.9. The first-order valence-electron chi connectivity index (χ1n) is 11.1. The number of esters is 2. The van der Waals surface area contributed by atoms with Crippen molar-refractivity contribution in [1.82, 2.24) is 9.47 Å². The smallest absolute Gasteiger partial charge is 0.471 e. The van der Waals surface area contributed by atoms with Crippen LogP contribution in [0.5, 0.6) is 0 Å². The third-order valence-corrected chi connectivity index (χ3v) is 5.54. The molecule has 1 amide bonds. The fraction of sp³-hybridized carbons (Fsp3) is 0.417. The van der Waals surface area contributed by atoms with Gasteiger partial charge in [0.2, 0.25) is 11.3 Å². The minimum Gasteiger partial charge on any atom is -0.471 e. The molecule has 0 radical (unpaired) electrons. The maximum Gasteiger partial charge on any atom is 1.00 e. The van der Waals surface area contributed by atoms with Crippen LogP contribution in [0, 0.1) is 23.1 Å². The number of rotatable bonds is 7. The molecule has 1 aliphatic heterocycles. The number of amides is 1. The second kappa shape index (κ2) is 12.7. The van der Waals surface area contributed by atoms with Crippen LogP contribution in [0.3, 0.4) is 0 Å². The topological polar surface area (TPSA) is 119 Å². The fourth-order valence-electron chi connectivity index (χ4n) is 3.90. The summed E-state index contributed by atoms with van der Waals surface area (Å²) in [6, 6.07) is 3.65. The molecule has 1 saturated heterocycles. The van der Waals surface area contributed by atoms with Gasteiger partial charge in [0.25, 0.3) is 5.97 Å². The van der Waals surface area contributed by atoms with E-state index in [-0.39, 0.29) is 77.3 Å². The number of likely N-dealkylation sites (tertiary alicyclic amines) is 1. The Kier molecular flexibility index (Phi) is 10.3. The van der Waals surface area contributed by atoms with Gasteiger partial charge < -0.3 is 18.9 Å². The average Bonchev–Trinajstić information content (AvgIpc) is 2.82. The largest absolute Gasteiger partial charge is 1.00 e. The molecule has 0 saturated carbocycles. The van der Waals surface area contributed by atoms with Gasteiger partial charge in [0.15, 0.2) is 0 Å². The van der Waals surface area contributed by atoms with E-state index in [1.165, 1.54) is 10.8 Å². The summed E-state index contributed by atoms with van der Waals surface area (Å²) >= 11 is 0. The predicted molar refractivity (Wildman–Crippen MR) is 119 cm³/mol. The quantitative estimate of drug-likeness (QED) is 0.286. The Bertz CT molecular complexity index is 1220. The zero-order valence-corrected chi connectivity index (χ0v) is 22.1. The molecule has 1 aromatic carbocycles. The zero-order valence-electron chi connectivity index (χ0n) is 20.1. The van der Waals surface area contributed by atoms with E-state index in [4.69, 9.17) is 9.47 Å². The van der Waals surface area contributed by atoms with Gasteiger partial charge in [0, 0.05) is 42.5 Å². The van der Waals surface area contributed by atoms with Crippen molar-refractivity contribution in [2.45, 2.75) is 39.7 Å². The molecular weight excluding hydrogens is 468 g/mol. The van der Waals surface area contributed by atoms with Crippen molar-refractivity contribution in [3.63, 3.8) is 0 Å². The number of fused-ring (bicyclic) bond motifs is 1. The van der Waals surface area contributed by atoms with Crippen LogP contribution >= 0.6 is 0 Å². The molecule has 0 bridgehead atoms. The molecule has 0 N–H and O–H groups in total. The van der Waals surface area contributed by atoms with E-state index in [1.807, 2.05) is 0 Å². The van der Waals surface area contributed by atoms with Crippen LogP contribution in [0.2, 0.25) is 0 Å². The van der Waals surface area contributed by atoms with Crippen LogP contribution in [-0.4, -0.2) is 53.6 Å². The van der Waals surface area contributed by atoms with Gasteiger partial charge in [0.1, 0.15) is 12.1 Å². The SMILES string of the molecule is CCOC(=O)c1cn(CC(=O)N2CCCCC2)c2cc([C-](C#N)C(=O)OCC)c(F)cc2c1=O.[Na+]. The zero-order chi connectivity index (χ0) is 24.8. The number of piperidine rings is 1. The number of carbonyl (C=O) groups is 3. The van der Waals surface area contributed by atoms with E-state index >= 15 is 0 Å². The average molecular weight is 493 g/mol. The Morgan fingerprint density at radius 2 is 1.77 bits per heavy atom. The fourth-order valence-corrected chi connectivity index (χ4v) is 3.90. The minimum absolute atomic E-state index is 0. The van der Waals surface area contributed by atoms with Crippen molar-refractivity contribution in [3.05, 3.63) is 51.4 Å². The van der Waals surface area contributed by atoms with Gasteiger partial charge in [-0.25, -0.2) is 10.1 Å². The maximum atomic E-state index is 15.0. The molecule has 9 nitrogen and oxygen atoms in total. The summed E-state index contributed by atoms with van der Waals surface area (Å²) in [5.74, 6) is -3.72. The number of nitrogens with zero attached hydrogens (tertiary/aromatic N) is 3. The molecule has 35 heavy (non-hydrogen) atoms. The van der Waals surface area contributed by atoms with Crippen molar-refractivity contribution in [2.24, 2.45) is 0 Å². The van der Waals surface area contributed by atoms with Gasteiger partial charge in [-0.05, 0) is 38.6 Å². The molecule has 2 aromatic rings. The van der Waals surface area contributed by atoms with Gasteiger partial charge >= 0.3 is 35.5 Å². The molecule has 0 aliphatic carbocycles. The number of hydrogen-bond acceptors (Lipinski definition) is 7. The molecular formula is C24H25FN3NaO6. The molecule has 0 atom stereocenters. The minimum atomic E-state index is -1.01. The summed E-state index contributed by atoms with van der Waals surface area (Å²) in [5.41, 5.74) is -1.40.